The number of hydrogen-bond acceptors (Lipinski definition) is 2. The Kier molecular flexibility index (Phi) is 4.93. The van der Waals surface area contributed by atoms with Crippen LogP contribution in [0.4, 0.5) is 0 Å². The molecule has 1 saturated carbocycles. The molecule has 1 fully saturated rings. The van der Waals surface area contributed by atoms with E-state index in [-0.39, 0.29) is 0 Å². The minimum Gasteiger partial charge on any atom is -0.313 e. The van der Waals surface area contributed by atoms with Crippen LogP contribution in [0.2, 0.25) is 0 Å². The highest BCUT2D eigenvalue weighted by molar-refractivity contribution is 8.00. The fourth-order valence-corrected chi connectivity index (χ4v) is 4.00. The molecule has 94 valence electrons. The van der Waals surface area contributed by atoms with Crippen LogP contribution in [0.5, 0.6) is 0 Å². The minimum atomic E-state index is 0.707. The molecule has 0 spiro atoms. The van der Waals surface area contributed by atoms with Crippen molar-refractivity contribution in [2.75, 3.05) is 6.54 Å². The highest BCUT2D eigenvalue weighted by Crippen LogP contribution is 2.35. The van der Waals surface area contributed by atoms with Crippen LogP contribution in [0.3, 0.4) is 0 Å². The van der Waals surface area contributed by atoms with Crippen LogP contribution < -0.4 is 5.32 Å². The van der Waals surface area contributed by atoms with E-state index in [4.69, 9.17) is 0 Å². The van der Waals surface area contributed by atoms with Gasteiger partial charge in [0.05, 0.1) is 0 Å². The summed E-state index contributed by atoms with van der Waals surface area (Å²) in [6.45, 7) is 5.52. The maximum Gasteiger partial charge on any atom is 0.0248 e. The number of benzene rings is 1. The average molecular weight is 249 g/mol. The van der Waals surface area contributed by atoms with E-state index in [1.54, 1.807) is 0 Å². The van der Waals surface area contributed by atoms with Crippen molar-refractivity contribution in [2.45, 2.75) is 55.7 Å². The Hall–Kier alpha value is -0.470. The van der Waals surface area contributed by atoms with Crippen LogP contribution in [0.1, 0.15) is 38.2 Å². The molecule has 1 aliphatic carbocycles. The van der Waals surface area contributed by atoms with Gasteiger partial charge in [-0.1, -0.05) is 38.0 Å². The molecule has 0 aliphatic heterocycles. The molecular formula is C15H23NS. The first-order chi connectivity index (χ1) is 8.31. The summed E-state index contributed by atoms with van der Waals surface area (Å²) in [5.74, 6) is 0. The lowest BCUT2D eigenvalue weighted by atomic mass is 9.95. The van der Waals surface area contributed by atoms with Gasteiger partial charge in [0.15, 0.2) is 0 Å². The van der Waals surface area contributed by atoms with E-state index >= 15 is 0 Å². The van der Waals surface area contributed by atoms with E-state index in [1.165, 1.54) is 36.1 Å². The Morgan fingerprint density at radius 1 is 1.24 bits per heavy atom. The Morgan fingerprint density at radius 3 is 2.76 bits per heavy atom. The fourth-order valence-electron chi connectivity index (χ4n) is 2.59. The molecule has 0 saturated heterocycles. The van der Waals surface area contributed by atoms with E-state index in [0.717, 1.165) is 11.8 Å². The maximum atomic E-state index is 3.65. The highest BCUT2D eigenvalue weighted by atomic mass is 32.2. The Labute approximate surface area is 109 Å². The topological polar surface area (TPSA) is 12.0 Å². The predicted octanol–water partition coefficient (Wildman–Crippen LogP) is 4.01. The van der Waals surface area contributed by atoms with E-state index < -0.39 is 0 Å². The van der Waals surface area contributed by atoms with Gasteiger partial charge in [-0.05, 0) is 37.9 Å². The molecule has 1 aliphatic rings. The Morgan fingerprint density at radius 2 is 2.00 bits per heavy atom. The Balaban J connectivity index is 2.03. The van der Waals surface area contributed by atoms with Crippen molar-refractivity contribution in [2.24, 2.45) is 0 Å². The van der Waals surface area contributed by atoms with Crippen LogP contribution in [-0.2, 0) is 0 Å². The van der Waals surface area contributed by atoms with Crippen molar-refractivity contribution >= 4 is 11.8 Å². The lowest BCUT2D eigenvalue weighted by Gasteiger charge is -2.32. The number of aryl methyl sites for hydroxylation is 1. The molecule has 2 heteroatoms. The van der Waals surface area contributed by atoms with E-state index in [0.29, 0.717) is 6.04 Å². The molecule has 0 aromatic heterocycles. The zero-order chi connectivity index (χ0) is 12.1. The van der Waals surface area contributed by atoms with Gasteiger partial charge >= 0.3 is 0 Å². The smallest absolute Gasteiger partial charge is 0.0248 e. The lowest BCUT2D eigenvalue weighted by Crippen LogP contribution is -2.40. The second-order valence-corrected chi connectivity index (χ2v) is 6.15. The number of thioether (sulfide) groups is 1. The highest BCUT2D eigenvalue weighted by Gasteiger charge is 2.25. The number of nitrogens with one attached hydrogen (secondary N) is 1. The quantitative estimate of drug-likeness (QED) is 0.865. The minimum absolute atomic E-state index is 0.707. The molecular weight excluding hydrogens is 226 g/mol. The van der Waals surface area contributed by atoms with Crippen molar-refractivity contribution in [1.29, 1.82) is 0 Å². The van der Waals surface area contributed by atoms with Crippen molar-refractivity contribution < 1.29 is 0 Å². The molecule has 17 heavy (non-hydrogen) atoms. The van der Waals surface area contributed by atoms with Gasteiger partial charge in [0.25, 0.3) is 0 Å². The summed E-state index contributed by atoms with van der Waals surface area (Å²) in [7, 11) is 0. The monoisotopic (exact) mass is 249 g/mol. The SMILES string of the molecule is CCNC1CCCCC1Sc1ccccc1C. The van der Waals surface area contributed by atoms with E-state index in [1.807, 2.05) is 0 Å². The normalized spacial score (nSPS) is 24.8. The van der Waals surface area contributed by atoms with Crippen molar-refractivity contribution in [1.82, 2.24) is 5.32 Å². The van der Waals surface area contributed by atoms with Gasteiger partial charge in [0, 0.05) is 16.2 Å². The third-order valence-electron chi connectivity index (χ3n) is 3.54. The van der Waals surface area contributed by atoms with Crippen LogP contribution in [-0.4, -0.2) is 17.8 Å². The van der Waals surface area contributed by atoms with E-state index in [9.17, 15) is 0 Å². The summed E-state index contributed by atoms with van der Waals surface area (Å²) >= 11 is 2.08. The van der Waals surface area contributed by atoms with Crippen LogP contribution in [0.25, 0.3) is 0 Å². The first kappa shape index (κ1) is 13.0. The molecule has 2 unspecified atom stereocenters. The van der Waals surface area contributed by atoms with Crippen molar-refractivity contribution in [3.05, 3.63) is 29.8 Å². The molecule has 2 atom stereocenters. The third-order valence-corrected chi connectivity index (χ3v) is 5.12. The summed E-state index contributed by atoms with van der Waals surface area (Å²) in [5, 5.41) is 4.41. The summed E-state index contributed by atoms with van der Waals surface area (Å²) in [4.78, 5) is 1.46. The van der Waals surface area contributed by atoms with Crippen molar-refractivity contribution in [3.63, 3.8) is 0 Å². The van der Waals surface area contributed by atoms with Crippen LogP contribution in [0.15, 0.2) is 29.2 Å². The van der Waals surface area contributed by atoms with Crippen molar-refractivity contribution in [3.8, 4) is 0 Å². The molecule has 0 radical (unpaired) electrons. The summed E-state index contributed by atoms with van der Waals surface area (Å²) in [6.07, 6.45) is 5.49. The van der Waals surface area contributed by atoms with Gasteiger partial charge in [0.1, 0.15) is 0 Å². The van der Waals surface area contributed by atoms with Crippen LogP contribution in [0, 0.1) is 6.92 Å². The number of hydrogen-bond donors (Lipinski definition) is 1. The molecule has 0 heterocycles. The fraction of sp³-hybridized carbons (Fsp3) is 0.600. The van der Waals surface area contributed by atoms with Gasteiger partial charge in [-0.15, -0.1) is 11.8 Å². The van der Waals surface area contributed by atoms with Crippen LogP contribution >= 0.6 is 11.8 Å². The second kappa shape index (κ2) is 6.46. The van der Waals surface area contributed by atoms with Gasteiger partial charge in [-0.2, -0.15) is 0 Å². The second-order valence-electron chi connectivity index (χ2n) is 4.87. The van der Waals surface area contributed by atoms with E-state index in [2.05, 4.69) is 55.2 Å². The summed E-state index contributed by atoms with van der Waals surface area (Å²) < 4.78 is 0. The maximum absolute atomic E-state index is 3.65. The van der Waals surface area contributed by atoms with Gasteiger partial charge in [-0.25, -0.2) is 0 Å². The van der Waals surface area contributed by atoms with Gasteiger partial charge in [-0.3, -0.25) is 0 Å². The zero-order valence-electron chi connectivity index (χ0n) is 10.9. The molecule has 1 aromatic rings. The molecule has 1 nitrogen and oxygen atoms in total. The lowest BCUT2D eigenvalue weighted by molar-refractivity contribution is 0.391. The first-order valence-electron chi connectivity index (χ1n) is 6.77. The average Bonchev–Trinajstić information content (AvgIpc) is 2.35. The summed E-state index contributed by atoms with van der Waals surface area (Å²) in [6, 6.07) is 9.46. The largest absolute Gasteiger partial charge is 0.313 e. The Bertz CT molecular complexity index is 349. The van der Waals surface area contributed by atoms with Gasteiger partial charge < -0.3 is 5.32 Å². The summed E-state index contributed by atoms with van der Waals surface area (Å²) in [5.41, 5.74) is 1.42. The standard InChI is InChI=1S/C15H23NS/c1-3-16-13-9-5-7-11-15(13)17-14-10-6-4-8-12(14)2/h4,6,8,10,13,15-16H,3,5,7,9,11H2,1-2H3. The zero-order valence-corrected chi connectivity index (χ0v) is 11.7. The predicted molar refractivity (Wildman–Crippen MR) is 76.8 cm³/mol. The molecule has 0 amide bonds. The third kappa shape index (κ3) is 3.49. The molecule has 1 N–H and O–H groups in total. The molecule has 0 bridgehead atoms. The number of rotatable bonds is 4. The molecule has 2 rings (SSSR count). The first-order valence-corrected chi connectivity index (χ1v) is 7.65. The van der Waals surface area contributed by atoms with Gasteiger partial charge in [0.2, 0.25) is 0 Å². The molecule has 1 aromatic carbocycles.